The molecule has 0 amide bonds. The minimum absolute atomic E-state index is 0.00654. The fourth-order valence-electron chi connectivity index (χ4n) is 21.5. The summed E-state index contributed by atoms with van der Waals surface area (Å²) in [5, 5.41) is 87.4. The molecule has 1 aromatic carbocycles. The third-order valence-corrected chi connectivity index (χ3v) is 27.1. The van der Waals surface area contributed by atoms with Crippen molar-refractivity contribution in [3.8, 4) is 0 Å². The van der Waals surface area contributed by atoms with Crippen LogP contribution in [-0.4, -0.2) is 200 Å². The van der Waals surface area contributed by atoms with Gasteiger partial charge in [-0.15, -0.1) is 61.6 Å². The molecule has 0 aromatic heterocycles. The normalized spacial score (nSPS) is 23.4. The van der Waals surface area contributed by atoms with Crippen LogP contribution in [0.15, 0.2) is 18.2 Å². The maximum Gasteiger partial charge on any atom is 0.338 e. The number of ether oxygens (including phenoxy) is 8. The summed E-state index contributed by atoms with van der Waals surface area (Å²) >= 11 is 0. The molecule has 6 aliphatic heterocycles. The van der Waals surface area contributed by atoms with Crippen molar-refractivity contribution >= 4 is 53.5 Å². The number of carbonyl (C=O) groups is 9. The molecule has 0 aliphatic carbocycles. The SMILES string of the molecule is CCCCC(CCCCC(=O)c1cc(C(=O)OCCCC(CCCC)(C(=O)OC2CC(C)(C)N([O])C(C)(C)C2)C(=O)OC2CC(C)(C)N([O])C(C)(C)C2)cc(C(=O)OCCCC(CCCC)(C(=O)OC2CC(C)(C)N([O])C(C)(C)C2)C(=O)OC2CC(C)(C)N([O])C(C)(C)C2)c1)(C(=O)OC1CC(C)(C)N([O])C(C)(C)C1)C(=O)OC1CC(C)(C)N([O])C(C)(C)C1. The minimum atomic E-state index is -1.98. The zero-order chi connectivity index (χ0) is 93.1. The van der Waals surface area contributed by atoms with Crippen LogP contribution in [0.1, 0.15) is 404 Å². The van der Waals surface area contributed by atoms with Gasteiger partial charge < -0.3 is 37.9 Å². The van der Waals surface area contributed by atoms with Crippen molar-refractivity contribution in [1.29, 1.82) is 0 Å². The highest BCUT2D eigenvalue weighted by atomic mass is 16.6. The molecule has 29 nitrogen and oxygen atoms in total. The highest BCUT2D eigenvalue weighted by molar-refractivity contribution is 6.04. The summed E-state index contributed by atoms with van der Waals surface area (Å²) in [5.74, 6) is -7.78. The summed E-state index contributed by atoms with van der Waals surface area (Å²) < 4.78 is 50.4. The molecule has 29 heteroatoms. The molecule has 696 valence electrons. The molecule has 0 spiro atoms. The van der Waals surface area contributed by atoms with Gasteiger partial charge in [0, 0.05) is 156 Å². The molecule has 6 saturated heterocycles. The van der Waals surface area contributed by atoms with Crippen LogP contribution in [0.5, 0.6) is 0 Å². The Morgan fingerprint density at radius 2 is 0.439 bits per heavy atom. The first-order chi connectivity index (χ1) is 56.3. The van der Waals surface area contributed by atoms with E-state index in [1.54, 1.807) is 166 Å². The number of carbonyl (C=O) groups excluding carboxylic acids is 9. The smallest absolute Gasteiger partial charge is 0.338 e. The second-order valence-corrected chi connectivity index (χ2v) is 44.6. The van der Waals surface area contributed by atoms with Gasteiger partial charge in [0.15, 0.2) is 22.0 Å². The molecule has 0 unspecified atom stereocenters. The number of unbranched alkanes of at least 4 members (excludes halogenated alkanes) is 4. The Morgan fingerprint density at radius 1 is 0.268 bits per heavy atom. The quantitative estimate of drug-likeness (QED) is 0.0196. The molecular weight excluding hydrogens is 1580 g/mol. The monoisotopic (exact) mass is 1730 g/mol. The zero-order valence-electron chi connectivity index (χ0n) is 79.7. The number of esters is 8. The van der Waals surface area contributed by atoms with Crippen LogP contribution in [-0.2, 0) is 97.9 Å². The van der Waals surface area contributed by atoms with Crippen LogP contribution in [0.4, 0.5) is 0 Å². The highest BCUT2D eigenvalue weighted by Crippen LogP contribution is 2.50. The van der Waals surface area contributed by atoms with E-state index in [4.69, 9.17) is 37.9 Å². The van der Waals surface area contributed by atoms with E-state index in [-0.39, 0.29) is 164 Å². The van der Waals surface area contributed by atoms with E-state index in [1.165, 1.54) is 18.2 Å². The van der Waals surface area contributed by atoms with E-state index >= 15 is 33.6 Å². The topological polar surface area (TPSA) is 366 Å². The van der Waals surface area contributed by atoms with Crippen molar-refractivity contribution in [2.45, 2.75) is 476 Å². The lowest BCUT2D eigenvalue weighted by molar-refractivity contribution is -0.301. The predicted molar refractivity (Wildman–Crippen MR) is 453 cm³/mol. The van der Waals surface area contributed by atoms with E-state index in [1.807, 2.05) is 20.8 Å². The summed E-state index contributed by atoms with van der Waals surface area (Å²) in [4.78, 5) is 137. The van der Waals surface area contributed by atoms with E-state index in [0.29, 0.717) is 38.5 Å². The van der Waals surface area contributed by atoms with Crippen LogP contribution in [0.25, 0.3) is 0 Å². The van der Waals surface area contributed by atoms with Crippen LogP contribution in [0.3, 0.4) is 0 Å². The summed E-state index contributed by atoms with van der Waals surface area (Å²) in [6.07, 6.45) is -1.16. The lowest BCUT2D eigenvalue weighted by Gasteiger charge is -2.50. The molecule has 0 atom stereocenters. The van der Waals surface area contributed by atoms with Crippen LogP contribution in [0.2, 0.25) is 0 Å². The molecule has 6 heterocycles. The Labute approximate surface area is 733 Å². The van der Waals surface area contributed by atoms with Crippen LogP contribution >= 0.6 is 0 Å². The number of Topliss-reactive ketones (excluding diaryl/α,β-unsaturated/α-hetero) is 1. The van der Waals surface area contributed by atoms with Gasteiger partial charge in [0.05, 0.1) is 24.3 Å². The first-order valence-corrected chi connectivity index (χ1v) is 45.5. The fourth-order valence-corrected chi connectivity index (χ4v) is 21.5. The average Bonchev–Trinajstić information content (AvgIpc) is 0.764. The van der Waals surface area contributed by atoms with Crippen LogP contribution < -0.4 is 0 Å². The third-order valence-electron chi connectivity index (χ3n) is 27.1. The number of hydrogen-bond donors (Lipinski definition) is 0. The predicted octanol–water partition coefficient (Wildman–Crippen LogP) is 17.3. The lowest BCUT2D eigenvalue weighted by atomic mass is 9.76. The van der Waals surface area contributed by atoms with Gasteiger partial charge >= 0.3 is 47.8 Å². The Balaban J connectivity index is 1.24. The zero-order valence-corrected chi connectivity index (χ0v) is 79.7. The van der Waals surface area contributed by atoms with Gasteiger partial charge in [0.25, 0.3) is 0 Å². The number of benzene rings is 1. The number of nitrogens with zero attached hydrogens (tertiary/aromatic N) is 6. The Morgan fingerprint density at radius 3 is 0.626 bits per heavy atom. The van der Waals surface area contributed by atoms with Gasteiger partial charge in [-0.3, -0.25) is 33.6 Å². The first-order valence-electron chi connectivity index (χ1n) is 45.5. The first kappa shape index (κ1) is 104. The molecule has 0 bridgehead atoms. The maximum atomic E-state index is 15.3. The van der Waals surface area contributed by atoms with Gasteiger partial charge in [0.1, 0.15) is 36.6 Å². The molecule has 0 N–H and O–H groups in total. The molecule has 1 aromatic rings. The second kappa shape index (κ2) is 39.2. The molecule has 0 saturated carbocycles. The van der Waals surface area contributed by atoms with Gasteiger partial charge in [-0.1, -0.05) is 65.7 Å². The highest BCUT2D eigenvalue weighted by Gasteiger charge is 2.60. The van der Waals surface area contributed by atoms with Crippen molar-refractivity contribution in [2.75, 3.05) is 13.2 Å². The molecule has 7 rings (SSSR count). The molecule has 6 aliphatic rings. The van der Waals surface area contributed by atoms with Gasteiger partial charge in [-0.05, 0) is 242 Å². The van der Waals surface area contributed by atoms with E-state index in [0.717, 1.165) is 30.4 Å². The van der Waals surface area contributed by atoms with E-state index < -0.39 is 186 Å². The largest absolute Gasteiger partial charge is 0.462 e. The Kier molecular flexibility index (Phi) is 33.2. The Hall–Kier alpha value is -5.83. The number of hydrogen-bond acceptors (Lipinski definition) is 23. The van der Waals surface area contributed by atoms with Gasteiger partial charge in [0.2, 0.25) is 0 Å². The van der Waals surface area contributed by atoms with Crippen molar-refractivity contribution in [1.82, 2.24) is 30.4 Å². The minimum Gasteiger partial charge on any atom is -0.462 e. The lowest BCUT2D eigenvalue weighted by Crippen LogP contribution is -2.61. The second-order valence-electron chi connectivity index (χ2n) is 44.6. The average molecular weight is 1730 g/mol. The third kappa shape index (κ3) is 24.4. The summed E-state index contributed by atoms with van der Waals surface area (Å²) in [6.45, 7) is 47.2. The van der Waals surface area contributed by atoms with Crippen molar-refractivity contribution in [3.63, 3.8) is 0 Å². The Bertz CT molecular complexity index is 3200. The van der Waals surface area contributed by atoms with Gasteiger partial charge in [-0.2, -0.15) is 0 Å². The van der Waals surface area contributed by atoms with Crippen molar-refractivity contribution in [3.05, 3.63) is 34.9 Å². The molecule has 6 radical (unpaired) electrons. The van der Waals surface area contributed by atoms with Crippen LogP contribution in [0, 0.1) is 16.2 Å². The summed E-state index contributed by atoms with van der Waals surface area (Å²) in [5.41, 5.74) is -18.1. The van der Waals surface area contributed by atoms with E-state index in [9.17, 15) is 40.8 Å². The maximum absolute atomic E-state index is 15.3. The molecule has 123 heavy (non-hydrogen) atoms. The standard InChI is InChI=1S/C94H152N6O23/c1-28-31-39-92(74(104)118-65-50-80(4,5)95(110)81(6,7)51-65,75(105)119-66-52-82(8,9)96(111)83(10,11)53-66)42-35-34-38-71(101)62-47-63(72(102)116-45-36-43-93(40-32-29-2,76(106)120-67-54-84(12,13)97(112)85(14,15)55-67)77(107)121-68-56-86(16,17)98(113)87(18,19)57-68)49-64(48-62)73(103)117-46-37-44-94(41-33-30-3,78(108)122-69-58-88(20,21)99(114)89(22,23)59-69)79(109)123-70-60-90(24,25)100(115)91(26,27)61-70/h47-49,65-70H,28-46,50-61H2,1-27H3. The summed E-state index contributed by atoms with van der Waals surface area (Å²) in [7, 11) is 0. The number of piperidine rings is 6. The molecular formula is C94H152N6O23. The number of hydroxylamine groups is 12. The fraction of sp³-hybridized carbons (Fsp3) is 0.840. The van der Waals surface area contributed by atoms with Crippen molar-refractivity contribution < 1.29 is 112 Å². The van der Waals surface area contributed by atoms with E-state index in [2.05, 4.69) is 0 Å². The number of rotatable bonds is 37. The summed E-state index contributed by atoms with van der Waals surface area (Å²) in [6, 6.07) is 3.70. The van der Waals surface area contributed by atoms with Crippen molar-refractivity contribution in [2.24, 2.45) is 16.2 Å². The van der Waals surface area contributed by atoms with Gasteiger partial charge in [-0.25, -0.2) is 9.59 Å². The number of ketones is 1. The molecule has 6 fully saturated rings.